The lowest BCUT2D eigenvalue weighted by molar-refractivity contribution is 0.0902. The predicted octanol–water partition coefficient (Wildman–Crippen LogP) is 7.29. The molecule has 0 spiro atoms. The Bertz CT molecular complexity index is 2550. The number of hydrogen-bond acceptors (Lipinski definition) is 17. The third-order valence-corrected chi connectivity index (χ3v) is 13.2. The van der Waals surface area contributed by atoms with E-state index in [4.69, 9.17) is 38.9 Å². The summed E-state index contributed by atoms with van der Waals surface area (Å²) in [5.41, 5.74) is 5.65. The smallest absolute Gasteiger partial charge is 0.410 e. The lowest BCUT2D eigenvalue weighted by Crippen LogP contribution is -2.47. The summed E-state index contributed by atoms with van der Waals surface area (Å²) >= 11 is 0. The molecule has 72 heavy (non-hydrogen) atoms. The zero-order valence-electron chi connectivity index (χ0n) is 41.9. The Labute approximate surface area is 420 Å². The van der Waals surface area contributed by atoms with E-state index in [-0.39, 0.29) is 36.1 Å². The van der Waals surface area contributed by atoms with Crippen LogP contribution in [0, 0.1) is 0 Å². The molecule has 0 atom stereocenters. The topological polar surface area (TPSA) is 224 Å². The minimum atomic E-state index is -0.319. The quantitative estimate of drug-likeness (QED) is 0.0723. The summed E-state index contributed by atoms with van der Waals surface area (Å²) in [4.78, 5) is 47.6. The molecule has 2 aromatic carbocycles. The first-order chi connectivity index (χ1) is 35.1. The Hall–Kier alpha value is -6.84. The SMILES string of the molecule is CC(C)c1cnn2c(NCc3cccc(OC(=O)N4CCCCC4)c3)nc(NC3CCOCC3)nc12.CC(C)c1cnn2c(NCc3cccc(OC(=O)N4CCNCC4)c3)nc(NC3CCOCC3)nc12. The number of piperidine rings is 1. The van der Waals surface area contributed by atoms with Gasteiger partial charge in [-0.15, -0.1) is 0 Å². The van der Waals surface area contributed by atoms with Crippen LogP contribution in [0.5, 0.6) is 11.5 Å². The number of carbonyl (C=O) groups is 2. The molecule has 0 radical (unpaired) electrons. The highest BCUT2D eigenvalue weighted by Gasteiger charge is 2.23. The molecule has 4 aliphatic rings. The molecular formula is C51H69N15O6. The van der Waals surface area contributed by atoms with Gasteiger partial charge in [-0.1, -0.05) is 52.0 Å². The average molecular weight is 988 g/mol. The lowest BCUT2D eigenvalue weighted by Gasteiger charge is -2.26. The van der Waals surface area contributed by atoms with Crippen LogP contribution >= 0.6 is 0 Å². The number of aromatic nitrogens is 8. The van der Waals surface area contributed by atoms with Crippen molar-refractivity contribution in [3.05, 3.63) is 83.2 Å². The molecule has 21 heteroatoms. The van der Waals surface area contributed by atoms with E-state index in [1.807, 2.05) is 54.9 Å². The van der Waals surface area contributed by atoms with Gasteiger partial charge in [-0.25, -0.2) is 9.59 Å². The second-order valence-electron chi connectivity index (χ2n) is 19.3. The number of hydrogen-bond donors (Lipinski definition) is 5. The van der Waals surface area contributed by atoms with E-state index >= 15 is 0 Å². The first-order valence-corrected chi connectivity index (χ1v) is 25.6. The highest BCUT2D eigenvalue weighted by molar-refractivity contribution is 5.71. The number of likely N-dealkylation sites (tertiary alicyclic amines) is 1. The number of nitrogens with one attached hydrogen (secondary N) is 5. The molecule has 8 heterocycles. The van der Waals surface area contributed by atoms with Gasteiger partial charge in [0.05, 0.1) is 12.4 Å². The van der Waals surface area contributed by atoms with Crippen LogP contribution in [0.1, 0.15) is 107 Å². The number of ether oxygens (including phenoxy) is 4. The summed E-state index contributed by atoms with van der Waals surface area (Å²) in [5, 5.41) is 26.1. The van der Waals surface area contributed by atoms with E-state index in [0.717, 1.165) is 125 Å². The fourth-order valence-corrected chi connectivity index (χ4v) is 9.07. The number of carbonyl (C=O) groups excluding carboxylic acids is 2. The van der Waals surface area contributed by atoms with Crippen molar-refractivity contribution in [2.45, 2.75) is 110 Å². The largest absolute Gasteiger partial charge is 0.415 e. The number of fused-ring (bicyclic) bond motifs is 2. The van der Waals surface area contributed by atoms with Gasteiger partial charge in [-0.3, -0.25) is 0 Å². The molecule has 5 N–H and O–H groups in total. The van der Waals surface area contributed by atoms with Crippen LogP contribution in [-0.2, 0) is 22.6 Å². The van der Waals surface area contributed by atoms with Crippen molar-refractivity contribution in [3.63, 3.8) is 0 Å². The Kier molecular flexibility index (Phi) is 16.7. The van der Waals surface area contributed by atoms with Crippen LogP contribution < -0.4 is 36.1 Å². The molecule has 10 rings (SSSR count). The molecule has 2 amide bonds. The van der Waals surface area contributed by atoms with Gasteiger partial charge in [0.25, 0.3) is 0 Å². The fraction of sp³-hybridized carbons (Fsp3) is 0.529. The van der Waals surface area contributed by atoms with Gasteiger partial charge in [-0.05, 0) is 92.2 Å². The standard InChI is InChI=1S/C26H35N7O3.C25H34N8O3/c1-18(2)22-17-28-33-23(22)30-24(29-20-9-13-35-14-10-20)31-25(33)27-16-19-7-6-8-21(15-19)36-26(34)32-11-4-3-5-12-32;1-17(2)21-16-28-33-22(21)30-23(29-19-6-12-35-13-7-19)31-24(33)27-15-18-4-3-5-20(14-18)36-25(34)32-10-8-26-9-11-32/h6-8,15,17-18,20H,3-5,9-14,16H2,1-2H3,(H2,27,29,30,31);3-5,14,16-17,19,26H,6-13,15H2,1-2H3,(H2,27,29,30,31). The molecule has 0 saturated carbocycles. The maximum Gasteiger partial charge on any atom is 0.415 e. The van der Waals surface area contributed by atoms with E-state index in [2.05, 4.69) is 64.5 Å². The van der Waals surface area contributed by atoms with Crippen LogP contribution in [0.15, 0.2) is 60.9 Å². The third-order valence-electron chi connectivity index (χ3n) is 13.2. The maximum atomic E-state index is 12.5. The lowest BCUT2D eigenvalue weighted by atomic mass is 10.1. The van der Waals surface area contributed by atoms with Crippen molar-refractivity contribution >= 4 is 47.3 Å². The van der Waals surface area contributed by atoms with Crippen molar-refractivity contribution in [2.75, 3.05) is 87.0 Å². The van der Waals surface area contributed by atoms with Crippen LogP contribution in [0.25, 0.3) is 11.3 Å². The molecule has 6 aromatic rings. The summed E-state index contributed by atoms with van der Waals surface area (Å²) in [7, 11) is 0. The van der Waals surface area contributed by atoms with Gasteiger partial charge in [0, 0.05) is 102 Å². The van der Waals surface area contributed by atoms with Gasteiger partial charge in [-0.2, -0.15) is 39.2 Å². The summed E-state index contributed by atoms with van der Waals surface area (Å²) < 4.78 is 25.7. The molecule has 0 bridgehead atoms. The number of nitrogens with zero attached hydrogens (tertiary/aromatic N) is 10. The summed E-state index contributed by atoms with van der Waals surface area (Å²) in [6.07, 6.45) is 10.1. The van der Waals surface area contributed by atoms with E-state index < -0.39 is 0 Å². The number of rotatable bonds is 14. The van der Waals surface area contributed by atoms with Crippen molar-refractivity contribution in [1.29, 1.82) is 0 Å². The van der Waals surface area contributed by atoms with E-state index in [1.54, 1.807) is 24.9 Å². The van der Waals surface area contributed by atoms with Gasteiger partial charge in [0.2, 0.25) is 23.8 Å². The van der Waals surface area contributed by atoms with E-state index in [1.165, 1.54) is 6.42 Å². The van der Waals surface area contributed by atoms with Crippen LogP contribution in [0.4, 0.5) is 33.4 Å². The molecule has 4 saturated heterocycles. The number of anilines is 4. The minimum absolute atomic E-state index is 0.279. The zero-order chi connectivity index (χ0) is 49.8. The van der Waals surface area contributed by atoms with Crippen molar-refractivity contribution in [2.24, 2.45) is 0 Å². The molecule has 0 aliphatic carbocycles. The Balaban J connectivity index is 0.000000178. The van der Waals surface area contributed by atoms with Crippen LogP contribution in [0.3, 0.4) is 0 Å². The summed E-state index contributed by atoms with van der Waals surface area (Å²) in [6, 6.07) is 15.7. The molecule has 384 valence electrons. The second kappa shape index (κ2) is 24.1. The zero-order valence-corrected chi connectivity index (χ0v) is 41.9. The highest BCUT2D eigenvalue weighted by atomic mass is 16.6. The van der Waals surface area contributed by atoms with Crippen molar-refractivity contribution in [3.8, 4) is 11.5 Å². The van der Waals surface area contributed by atoms with Gasteiger partial charge in [0.1, 0.15) is 11.5 Å². The average Bonchev–Trinajstić information content (AvgIpc) is 4.05. The molecular weight excluding hydrogens is 919 g/mol. The van der Waals surface area contributed by atoms with Crippen LogP contribution in [-0.4, -0.2) is 139 Å². The van der Waals surface area contributed by atoms with Crippen molar-refractivity contribution in [1.82, 2.24) is 54.3 Å². The first-order valence-electron chi connectivity index (χ1n) is 25.6. The highest BCUT2D eigenvalue weighted by Crippen LogP contribution is 2.26. The van der Waals surface area contributed by atoms with E-state index in [0.29, 0.717) is 61.5 Å². The second-order valence-corrected chi connectivity index (χ2v) is 19.3. The van der Waals surface area contributed by atoms with Crippen LogP contribution in [0.2, 0.25) is 0 Å². The maximum absolute atomic E-state index is 12.5. The van der Waals surface area contributed by atoms with Crippen molar-refractivity contribution < 1.29 is 28.5 Å². The molecule has 4 aromatic heterocycles. The Morgan fingerprint density at radius 1 is 0.625 bits per heavy atom. The molecule has 4 fully saturated rings. The number of benzene rings is 2. The van der Waals surface area contributed by atoms with Gasteiger partial charge >= 0.3 is 12.2 Å². The third kappa shape index (κ3) is 13.0. The fourth-order valence-electron chi connectivity index (χ4n) is 9.07. The Morgan fingerprint density at radius 3 is 1.51 bits per heavy atom. The Morgan fingerprint density at radius 2 is 1.07 bits per heavy atom. The minimum Gasteiger partial charge on any atom is -0.410 e. The monoisotopic (exact) mass is 988 g/mol. The number of amides is 2. The molecule has 0 unspecified atom stereocenters. The summed E-state index contributed by atoms with van der Waals surface area (Å²) in [6.45, 7) is 16.9. The molecule has 4 aliphatic heterocycles. The number of piperazine rings is 1. The molecule has 21 nitrogen and oxygen atoms in total. The summed E-state index contributed by atoms with van der Waals surface area (Å²) in [5.74, 6) is 4.01. The predicted molar refractivity (Wildman–Crippen MR) is 274 cm³/mol. The van der Waals surface area contributed by atoms with E-state index in [9.17, 15) is 9.59 Å². The van der Waals surface area contributed by atoms with Gasteiger partial charge in [0.15, 0.2) is 11.3 Å². The normalized spacial score (nSPS) is 16.9. The first kappa shape index (κ1) is 50.1. The van der Waals surface area contributed by atoms with Gasteiger partial charge < -0.3 is 55.3 Å².